The van der Waals surface area contributed by atoms with Crippen molar-refractivity contribution in [2.75, 3.05) is 0 Å². The molecule has 0 atom stereocenters. The van der Waals surface area contributed by atoms with Crippen molar-refractivity contribution < 1.29 is 0 Å². The van der Waals surface area contributed by atoms with E-state index in [0.717, 1.165) is 15.7 Å². The van der Waals surface area contributed by atoms with Crippen molar-refractivity contribution in [1.82, 2.24) is 9.38 Å². The minimum absolute atomic E-state index is 0.965. The van der Waals surface area contributed by atoms with Crippen LogP contribution in [0.5, 0.6) is 0 Å². The van der Waals surface area contributed by atoms with Gasteiger partial charge in [-0.2, -0.15) is 0 Å². The average Bonchev–Trinajstić information content (AvgIpc) is 3.29. The zero-order valence-electron chi connectivity index (χ0n) is 17.1. The fourth-order valence-corrected chi connectivity index (χ4v) is 5.02. The summed E-state index contributed by atoms with van der Waals surface area (Å²) in [6.45, 7) is 8.02. The van der Waals surface area contributed by atoms with E-state index in [-0.39, 0.29) is 0 Å². The highest BCUT2D eigenvalue weighted by Gasteiger charge is 2.10. The molecule has 0 spiro atoms. The lowest BCUT2D eigenvalue weighted by atomic mass is 9.98. The van der Waals surface area contributed by atoms with Gasteiger partial charge in [0.1, 0.15) is 0 Å². The van der Waals surface area contributed by atoms with Gasteiger partial charge in [0.05, 0.1) is 20.9 Å². The minimum atomic E-state index is 0.965. The van der Waals surface area contributed by atoms with Crippen LogP contribution in [0.4, 0.5) is 0 Å². The molecule has 0 aliphatic rings. The summed E-state index contributed by atoms with van der Waals surface area (Å²) < 4.78 is 3.49. The van der Waals surface area contributed by atoms with Gasteiger partial charge in [-0.1, -0.05) is 84.2 Å². The van der Waals surface area contributed by atoms with Gasteiger partial charge in [0.15, 0.2) is 4.96 Å². The summed E-state index contributed by atoms with van der Waals surface area (Å²) in [4.78, 5) is 5.81. The van der Waals surface area contributed by atoms with Crippen molar-refractivity contribution in [1.29, 1.82) is 0 Å². The van der Waals surface area contributed by atoms with Crippen LogP contribution < -0.4 is 10.7 Å². The largest absolute Gasteiger partial charge is 0.283 e. The molecular formula is C27H22N2S. The summed E-state index contributed by atoms with van der Waals surface area (Å²) in [6, 6.07) is 24.1. The summed E-state index contributed by atoms with van der Waals surface area (Å²) in [7, 11) is 0. The van der Waals surface area contributed by atoms with Crippen LogP contribution in [-0.2, 0) is 0 Å². The van der Waals surface area contributed by atoms with Gasteiger partial charge in [-0.3, -0.25) is 4.40 Å². The maximum atomic E-state index is 4.80. The SMILES string of the molecule is C=CC=c1nc2sc3ccc(-c4cccc(-c5cccc(C)c5)c4)cc3n2c1=CC. The molecule has 2 aromatic heterocycles. The maximum absolute atomic E-state index is 4.80. The van der Waals surface area contributed by atoms with Gasteiger partial charge in [-0.25, -0.2) is 4.98 Å². The second-order valence-corrected chi connectivity index (χ2v) is 8.44. The van der Waals surface area contributed by atoms with E-state index in [0.29, 0.717) is 0 Å². The quantitative estimate of drug-likeness (QED) is 0.361. The van der Waals surface area contributed by atoms with Crippen LogP contribution in [0.1, 0.15) is 12.5 Å². The second kappa shape index (κ2) is 7.43. The molecule has 30 heavy (non-hydrogen) atoms. The first kappa shape index (κ1) is 18.6. The Bertz CT molecular complexity index is 1530. The zero-order chi connectivity index (χ0) is 20.7. The van der Waals surface area contributed by atoms with Crippen molar-refractivity contribution in [2.24, 2.45) is 0 Å². The van der Waals surface area contributed by atoms with E-state index in [4.69, 9.17) is 4.98 Å². The number of allylic oxidation sites excluding steroid dienone is 1. The second-order valence-electron chi connectivity index (χ2n) is 7.43. The van der Waals surface area contributed by atoms with E-state index >= 15 is 0 Å². The maximum Gasteiger partial charge on any atom is 0.195 e. The molecule has 0 radical (unpaired) electrons. The molecule has 0 unspecified atom stereocenters. The summed E-state index contributed by atoms with van der Waals surface area (Å²) in [5.74, 6) is 0. The molecule has 0 aliphatic carbocycles. The molecule has 0 saturated carbocycles. The molecule has 3 aromatic carbocycles. The van der Waals surface area contributed by atoms with Crippen LogP contribution in [0.15, 0.2) is 79.4 Å². The first-order valence-corrected chi connectivity index (χ1v) is 10.9. The van der Waals surface area contributed by atoms with E-state index < -0.39 is 0 Å². The number of thiazole rings is 1. The lowest BCUT2D eigenvalue weighted by Gasteiger charge is -2.07. The van der Waals surface area contributed by atoms with Gasteiger partial charge < -0.3 is 0 Å². The highest BCUT2D eigenvalue weighted by molar-refractivity contribution is 7.23. The first-order valence-electron chi connectivity index (χ1n) is 10.1. The smallest absolute Gasteiger partial charge is 0.195 e. The molecule has 146 valence electrons. The van der Waals surface area contributed by atoms with E-state index in [2.05, 4.69) is 97.6 Å². The predicted molar refractivity (Wildman–Crippen MR) is 130 cm³/mol. The van der Waals surface area contributed by atoms with Crippen LogP contribution in [0.3, 0.4) is 0 Å². The monoisotopic (exact) mass is 406 g/mol. The zero-order valence-corrected chi connectivity index (χ0v) is 17.9. The van der Waals surface area contributed by atoms with Gasteiger partial charge in [0, 0.05) is 0 Å². The molecule has 0 saturated heterocycles. The van der Waals surface area contributed by atoms with Gasteiger partial charge in [0.2, 0.25) is 0 Å². The van der Waals surface area contributed by atoms with Crippen LogP contribution in [-0.4, -0.2) is 9.38 Å². The van der Waals surface area contributed by atoms with Crippen LogP contribution >= 0.6 is 11.3 Å². The minimum Gasteiger partial charge on any atom is -0.283 e. The highest BCUT2D eigenvalue weighted by atomic mass is 32.1. The summed E-state index contributed by atoms with van der Waals surface area (Å²) in [5, 5.41) is 2.08. The summed E-state index contributed by atoms with van der Waals surface area (Å²) in [5.41, 5.74) is 7.38. The Morgan fingerprint density at radius 1 is 0.900 bits per heavy atom. The summed E-state index contributed by atoms with van der Waals surface area (Å²) >= 11 is 1.72. The lowest BCUT2D eigenvalue weighted by Crippen LogP contribution is -2.26. The third-order valence-corrected chi connectivity index (χ3v) is 6.43. The molecular weight excluding hydrogens is 384 g/mol. The molecule has 0 bridgehead atoms. The Kier molecular flexibility index (Phi) is 4.61. The number of hydrogen-bond donors (Lipinski definition) is 0. The van der Waals surface area contributed by atoms with Gasteiger partial charge in [-0.15, -0.1) is 0 Å². The molecule has 2 heterocycles. The van der Waals surface area contributed by atoms with E-state index in [1.54, 1.807) is 17.4 Å². The van der Waals surface area contributed by atoms with Crippen molar-refractivity contribution >= 4 is 38.7 Å². The Hall–Kier alpha value is -3.43. The Morgan fingerprint density at radius 3 is 2.30 bits per heavy atom. The number of rotatable bonds is 3. The first-order chi connectivity index (χ1) is 14.7. The van der Waals surface area contributed by atoms with Gasteiger partial charge >= 0.3 is 0 Å². The van der Waals surface area contributed by atoms with E-state index in [9.17, 15) is 0 Å². The van der Waals surface area contributed by atoms with Crippen molar-refractivity contribution in [3.63, 3.8) is 0 Å². The fraction of sp³-hybridized carbons (Fsp3) is 0.0741. The number of nitrogens with zero attached hydrogens (tertiary/aromatic N) is 2. The number of hydrogen-bond acceptors (Lipinski definition) is 2. The van der Waals surface area contributed by atoms with Crippen molar-refractivity contribution in [3.8, 4) is 22.3 Å². The molecule has 2 nitrogen and oxygen atoms in total. The summed E-state index contributed by atoms with van der Waals surface area (Å²) in [6.07, 6.45) is 5.88. The standard InChI is InChI=1S/C27H22N2S/c1-4-8-23-24(5-2)29-25-17-22(13-14-26(25)30-27(29)28-23)21-12-7-11-20(16-21)19-10-6-9-18(3)15-19/h4-17H,1H2,2-3H3. The number of aromatic nitrogens is 2. The number of benzene rings is 3. The Morgan fingerprint density at radius 2 is 1.60 bits per heavy atom. The number of imidazole rings is 1. The third-order valence-electron chi connectivity index (χ3n) is 5.41. The fourth-order valence-electron chi connectivity index (χ4n) is 4.00. The predicted octanol–water partition coefficient (Wildman–Crippen LogP) is 5.96. The molecule has 3 heteroatoms. The van der Waals surface area contributed by atoms with Crippen LogP contribution in [0.2, 0.25) is 0 Å². The number of aryl methyl sites for hydroxylation is 1. The Labute approximate surface area is 179 Å². The molecule has 5 aromatic rings. The van der Waals surface area contributed by atoms with E-state index in [1.807, 2.05) is 6.08 Å². The van der Waals surface area contributed by atoms with E-state index in [1.165, 1.54) is 38.0 Å². The Balaban J connectivity index is 1.70. The van der Waals surface area contributed by atoms with Crippen LogP contribution in [0.25, 0.3) is 49.6 Å². The van der Waals surface area contributed by atoms with Crippen molar-refractivity contribution in [3.05, 3.63) is 95.6 Å². The molecule has 0 amide bonds. The average molecular weight is 407 g/mol. The molecule has 5 rings (SSSR count). The lowest BCUT2D eigenvalue weighted by molar-refractivity contribution is 1.21. The normalized spacial score (nSPS) is 12.9. The molecule has 0 aliphatic heterocycles. The molecule has 0 fully saturated rings. The topological polar surface area (TPSA) is 17.3 Å². The van der Waals surface area contributed by atoms with Gasteiger partial charge in [0.25, 0.3) is 0 Å². The highest BCUT2D eigenvalue weighted by Crippen LogP contribution is 2.31. The van der Waals surface area contributed by atoms with Crippen LogP contribution in [0, 0.1) is 6.92 Å². The number of fused-ring (bicyclic) bond motifs is 3. The third kappa shape index (κ3) is 3.08. The molecule has 0 N–H and O–H groups in total. The van der Waals surface area contributed by atoms with Gasteiger partial charge in [-0.05, 0) is 60.4 Å². The van der Waals surface area contributed by atoms with Crippen molar-refractivity contribution in [2.45, 2.75) is 13.8 Å².